The van der Waals surface area contributed by atoms with Crippen LogP contribution < -0.4 is 10.6 Å². The normalized spacial score (nSPS) is 12.6. The van der Waals surface area contributed by atoms with Crippen molar-refractivity contribution in [1.29, 1.82) is 0 Å². The molecule has 1 aromatic carbocycles. The van der Waals surface area contributed by atoms with E-state index in [2.05, 4.69) is 70.4 Å². The molecule has 0 aliphatic carbocycles. The number of thiocarbonyl (C=S) groups is 1. The lowest BCUT2D eigenvalue weighted by molar-refractivity contribution is 0.599. The van der Waals surface area contributed by atoms with Crippen LogP contribution in [0.4, 0.5) is 5.69 Å². The largest absolute Gasteiger partial charge is 0.360 e. The van der Waals surface area contributed by atoms with E-state index < -0.39 is 0 Å². The molecule has 21 heavy (non-hydrogen) atoms. The minimum atomic E-state index is 0.406. The molecule has 0 radical (unpaired) electrons. The SMILES string of the molecule is CCCC(C)NC(=S)Nc1c(C(C)C)cccc1C(C)C. The first-order valence-electron chi connectivity index (χ1n) is 8.07. The van der Waals surface area contributed by atoms with Crippen molar-refractivity contribution in [2.24, 2.45) is 0 Å². The zero-order valence-corrected chi connectivity index (χ0v) is 15.1. The second-order valence-corrected chi connectivity index (χ2v) is 6.82. The van der Waals surface area contributed by atoms with Crippen molar-refractivity contribution in [3.05, 3.63) is 29.3 Å². The molecule has 0 heterocycles. The van der Waals surface area contributed by atoms with Gasteiger partial charge in [-0.3, -0.25) is 0 Å². The van der Waals surface area contributed by atoms with E-state index >= 15 is 0 Å². The summed E-state index contributed by atoms with van der Waals surface area (Å²) < 4.78 is 0. The molecule has 0 amide bonds. The highest BCUT2D eigenvalue weighted by atomic mass is 32.1. The summed E-state index contributed by atoms with van der Waals surface area (Å²) in [5.41, 5.74) is 3.84. The van der Waals surface area contributed by atoms with Crippen molar-refractivity contribution >= 4 is 23.0 Å². The summed E-state index contributed by atoms with van der Waals surface area (Å²) in [5.74, 6) is 0.948. The Balaban J connectivity index is 2.97. The van der Waals surface area contributed by atoms with E-state index in [0.717, 1.165) is 18.0 Å². The predicted molar refractivity (Wildman–Crippen MR) is 98.3 cm³/mol. The Bertz CT molecular complexity index is 440. The molecule has 3 heteroatoms. The van der Waals surface area contributed by atoms with Crippen LogP contribution >= 0.6 is 12.2 Å². The summed E-state index contributed by atoms with van der Waals surface area (Å²) in [6.07, 6.45) is 2.29. The number of nitrogens with one attached hydrogen (secondary N) is 2. The van der Waals surface area contributed by atoms with Gasteiger partial charge in [-0.1, -0.05) is 59.2 Å². The van der Waals surface area contributed by atoms with Crippen molar-refractivity contribution in [2.75, 3.05) is 5.32 Å². The Morgan fingerprint density at radius 3 is 2.00 bits per heavy atom. The molecule has 2 nitrogen and oxygen atoms in total. The number of para-hydroxylation sites is 1. The van der Waals surface area contributed by atoms with Gasteiger partial charge < -0.3 is 10.6 Å². The number of hydrogen-bond acceptors (Lipinski definition) is 1. The number of anilines is 1. The molecule has 1 rings (SSSR count). The number of hydrogen-bond donors (Lipinski definition) is 2. The third-order valence-corrected chi connectivity index (χ3v) is 3.93. The summed E-state index contributed by atoms with van der Waals surface area (Å²) in [4.78, 5) is 0. The minimum absolute atomic E-state index is 0.406. The first kappa shape index (κ1) is 18.0. The lowest BCUT2D eigenvalue weighted by Gasteiger charge is -2.23. The monoisotopic (exact) mass is 306 g/mol. The van der Waals surface area contributed by atoms with E-state index in [4.69, 9.17) is 12.2 Å². The molecule has 0 saturated carbocycles. The van der Waals surface area contributed by atoms with Crippen LogP contribution in [0.25, 0.3) is 0 Å². The molecule has 118 valence electrons. The standard InChI is InChI=1S/C18H30N2S/c1-7-9-14(6)19-18(21)20-17-15(12(2)3)10-8-11-16(17)13(4)5/h8,10-14H,7,9H2,1-6H3,(H2,19,20,21). The van der Waals surface area contributed by atoms with Crippen LogP contribution in [0.2, 0.25) is 0 Å². The second-order valence-electron chi connectivity index (χ2n) is 6.41. The van der Waals surface area contributed by atoms with Gasteiger partial charge in [0.2, 0.25) is 0 Å². The second kappa shape index (κ2) is 8.38. The number of rotatable bonds is 6. The zero-order chi connectivity index (χ0) is 16.0. The van der Waals surface area contributed by atoms with Gasteiger partial charge in [0.1, 0.15) is 0 Å². The Kier molecular flexibility index (Phi) is 7.16. The minimum Gasteiger partial charge on any atom is -0.360 e. The van der Waals surface area contributed by atoms with Gasteiger partial charge in [0.15, 0.2) is 5.11 Å². The molecular weight excluding hydrogens is 276 g/mol. The summed E-state index contributed by atoms with van der Waals surface area (Å²) in [6.45, 7) is 13.3. The van der Waals surface area contributed by atoms with E-state index in [-0.39, 0.29) is 0 Å². The lowest BCUT2D eigenvalue weighted by atomic mass is 9.93. The topological polar surface area (TPSA) is 24.1 Å². The van der Waals surface area contributed by atoms with Crippen LogP contribution in [0.3, 0.4) is 0 Å². The Morgan fingerprint density at radius 1 is 1.05 bits per heavy atom. The van der Waals surface area contributed by atoms with Gasteiger partial charge in [-0.2, -0.15) is 0 Å². The quantitative estimate of drug-likeness (QED) is 0.687. The Hall–Kier alpha value is -1.09. The Morgan fingerprint density at radius 2 is 1.57 bits per heavy atom. The molecule has 2 N–H and O–H groups in total. The Labute approximate surface area is 135 Å². The average molecular weight is 307 g/mol. The van der Waals surface area contributed by atoms with E-state index in [0.29, 0.717) is 17.9 Å². The molecule has 0 aliphatic heterocycles. The van der Waals surface area contributed by atoms with Crippen molar-refractivity contribution in [3.8, 4) is 0 Å². The fourth-order valence-corrected chi connectivity index (χ4v) is 2.88. The van der Waals surface area contributed by atoms with Crippen LogP contribution in [0.15, 0.2) is 18.2 Å². The lowest BCUT2D eigenvalue weighted by Crippen LogP contribution is -2.36. The van der Waals surface area contributed by atoms with Gasteiger partial charge in [-0.05, 0) is 48.5 Å². The third-order valence-electron chi connectivity index (χ3n) is 3.71. The zero-order valence-electron chi connectivity index (χ0n) is 14.3. The van der Waals surface area contributed by atoms with Crippen LogP contribution in [0.5, 0.6) is 0 Å². The van der Waals surface area contributed by atoms with Gasteiger partial charge in [0, 0.05) is 11.7 Å². The van der Waals surface area contributed by atoms with Crippen molar-refractivity contribution < 1.29 is 0 Å². The van der Waals surface area contributed by atoms with E-state index in [1.807, 2.05) is 0 Å². The summed E-state index contributed by atoms with van der Waals surface area (Å²) in [7, 11) is 0. The van der Waals surface area contributed by atoms with Gasteiger partial charge in [-0.15, -0.1) is 0 Å². The van der Waals surface area contributed by atoms with E-state index in [9.17, 15) is 0 Å². The molecule has 1 atom stereocenters. The van der Waals surface area contributed by atoms with E-state index in [1.165, 1.54) is 16.8 Å². The van der Waals surface area contributed by atoms with Crippen LogP contribution in [-0.4, -0.2) is 11.2 Å². The molecule has 0 aliphatic rings. The molecule has 0 saturated heterocycles. The molecule has 1 aromatic rings. The highest BCUT2D eigenvalue weighted by Crippen LogP contribution is 2.32. The van der Waals surface area contributed by atoms with Crippen LogP contribution in [-0.2, 0) is 0 Å². The van der Waals surface area contributed by atoms with Gasteiger partial charge in [-0.25, -0.2) is 0 Å². The highest BCUT2D eigenvalue weighted by molar-refractivity contribution is 7.80. The summed E-state index contributed by atoms with van der Waals surface area (Å²) >= 11 is 5.50. The van der Waals surface area contributed by atoms with Gasteiger partial charge in [0.25, 0.3) is 0 Å². The summed E-state index contributed by atoms with van der Waals surface area (Å²) in [6, 6.07) is 6.93. The predicted octanol–water partition coefficient (Wildman–Crippen LogP) is 5.41. The van der Waals surface area contributed by atoms with Crippen molar-refractivity contribution in [3.63, 3.8) is 0 Å². The summed E-state index contributed by atoms with van der Waals surface area (Å²) in [5, 5.41) is 7.56. The smallest absolute Gasteiger partial charge is 0.171 e. The maximum absolute atomic E-state index is 5.50. The van der Waals surface area contributed by atoms with Crippen LogP contribution in [0, 0.1) is 0 Å². The van der Waals surface area contributed by atoms with E-state index in [1.54, 1.807) is 0 Å². The molecule has 0 bridgehead atoms. The third kappa shape index (κ3) is 5.31. The molecule has 1 unspecified atom stereocenters. The van der Waals surface area contributed by atoms with Gasteiger partial charge >= 0.3 is 0 Å². The fourth-order valence-electron chi connectivity index (χ4n) is 2.57. The maximum atomic E-state index is 5.50. The fraction of sp³-hybridized carbons (Fsp3) is 0.611. The van der Waals surface area contributed by atoms with Gasteiger partial charge in [0.05, 0.1) is 0 Å². The first-order chi connectivity index (χ1) is 9.86. The van der Waals surface area contributed by atoms with Crippen molar-refractivity contribution in [2.45, 2.75) is 72.3 Å². The molecular formula is C18H30N2S. The average Bonchev–Trinajstić information content (AvgIpc) is 2.38. The van der Waals surface area contributed by atoms with Crippen molar-refractivity contribution in [1.82, 2.24) is 5.32 Å². The first-order valence-corrected chi connectivity index (χ1v) is 8.47. The number of benzene rings is 1. The molecule has 0 aromatic heterocycles. The molecule has 0 fully saturated rings. The molecule has 0 spiro atoms. The van der Waals surface area contributed by atoms with Crippen LogP contribution in [0.1, 0.15) is 77.3 Å². The highest BCUT2D eigenvalue weighted by Gasteiger charge is 2.15. The maximum Gasteiger partial charge on any atom is 0.171 e.